The van der Waals surface area contributed by atoms with Crippen LogP contribution in [0.4, 0.5) is 0 Å². The van der Waals surface area contributed by atoms with Crippen molar-refractivity contribution >= 4 is 5.65 Å². The summed E-state index contributed by atoms with van der Waals surface area (Å²) in [6, 6.07) is 0. The van der Waals surface area contributed by atoms with Gasteiger partial charge in [0, 0.05) is 18.1 Å². The number of rotatable bonds is 0. The lowest BCUT2D eigenvalue weighted by Gasteiger charge is -1.90. The lowest BCUT2D eigenvalue weighted by Crippen LogP contribution is -1.85. The van der Waals surface area contributed by atoms with E-state index < -0.39 is 0 Å². The van der Waals surface area contributed by atoms with Crippen molar-refractivity contribution < 1.29 is 0 Å². The van der Waals surface area contributed by atoms with E-state index in [1.165, 1.54) is 0 Å². The molecule has 0 aliphatic carbocycles. The van der Waals surface area contributed by atoms with Gasteiger partial charge in [-0.05, 0) is 6.92 Å². The van der Waals surface area contributed by atoms with Crippen LogP contribution >= 0.6 is 0 Å². The van der Waals surface area contributed by atoms with Gasteiger partial charge in [-0.1, -0.05) is 0 Å². The van der Waals surface area contributed by atoms with Gasteiger partial charge in [-0.2, -0.15) is 0 Å². The predicted octanol–water partition coefficient (Wildman–Crippen LogP) is 0.838. The summed E-state index contributed by atoms with van der Waals surface area (Å²) in [6.07, 6.45) is 8.16. The van der Waals surface area contributed by atoms with Gasteiger partial charge >= 0.3 is 0 Å². The number of hydrogen-bond acceptors (Lipinski definition) is 2. The van der Waals surface area contributed by atoms with E-state index in [1.54, 1.807) is 12.4 Å². The van der Waals surface area contributed by atoms with Gasteiger partial charge in [0.25, 0.3) is 0 Å². The summed E-state index contributed by atoms with van der Waals surface area (Å²) in [5.74, 6) is 0. The van der Waals surface area contributed by atoms with Gasteiger partial charge in [0.1, 0.15) is 6.20 Å². The lowest BCUT2D eigenvalue weighted by atomic mass is 10.5. The van der Waals surface area contributed by atoms with Crippen LogP contribution in [0.3, 0.4) is 0 Å². The Labute approximate surface area is 58.4 Å². The molecule has 1 radical (unpaired) electrons. The molecule has 0 spiro atoms. The van der Waals surface area contributed by atoms with E-state index in [-0.39, 0.29) is 0 Å². The van der Waals surface area contributed by atoms with Crippen LogP contribution in [0.25, 0.3) is 5.65 Å². The van der Waals surface area contributed by atoms with Crippen molar-refractivity contribution in [1.29, 1.82) is 0 Å². The maximum absolute atomic E-state index is 3.99. The number of aromatic nitrogens is 3. The van der Waals surface area contributed by atoms with Gasteiger partial charge in [0.2, 0.25) is 0 Å². The average molecular weight is 132 g/mol. The zero-order valence-electron chi connectivity index (χ0n) is 5.57. The third-order valence-corrected chi connectivity index (χ3v) is 1.43. The highest BCUT2D eigenvalue weighted by atomic mass is 15.0. The molecule has 2 aromatic heterocycles. The van der Waals surface area contributed by atoms with Crippen LogP contribution in [0, 0.1) is 13.1 Å². The number of hydrogen-bond donors (Lipinski definition) is 0. The Morgan fingerprint density at radius 2 is 2.50 bits per heavy atom. The maximum atomic E-state index is 3.99. The van der Waals surface area contributed by atoms with Crippen molar-refractivity contribution in [2.45, 2.75) is 6.92 Å². The zero-order chi connectivity index (χ0) is 6.97. The van der Waals surface area contributed by atoms with Gasteiger partial charge in [0.05, 0.1) is 6.20 Å². The van der Waals surface area contributed by atoms with Crippen molar-refractivity contribution in [2.24, 2.45) is 0 Å². The third kappa shape index (κ3) is 0.603. The first kappa shape index (κ1) is 5.41. The predicted molar refractivity (Wildman–Crippen MR) is 36.6 cm³/mol. The second kappa shape index (κ2) is 1.80. The maximum Gasteiger partial charge on any atom is 0.156 e. The first-order valence-corrected chi connectivity index (χ1v) is 3.04. The van der Waals surface area contributed by atoms with E-state index in [1.807, 2.05) is 17.5 Å². The van der Waals surface area contributed by atoms with Gasteiger partial charge in [-0.3, -0.25) is 4.98 Å². The number of nitrogens with zero attached hydrogens (tertiary/aromatic N) is 3. The summed E-state index contributed by atoms with van der Waals surface area (Å²) >= 11 is 0. The fourth-order valence-corrected chi connectivity index (χ4v) is 0.912. The Hall–Kier alpha value is -1.38. The molecule has 0 bridgehead atoms. The van der Waals surface area contributed by atoms with Crippen LogP contribution < -0.4 is 0 Å². The molecule has 10 heavy (non-hydrogen) atoms. The van der Waals surface area contributed by atoms with Gasteiger partial charge in [0.15, 0.2) is 5.65 Å². The SMILES string of the molecule is Cc1[c]nc2cnccn12. The summed E-state index contributed by atoms with van der Waals surface area (Å²) in [7, 11) is 0. The van der Waals surface area contributed by atoms with Crippen LogP contribution in [-0.2, 0) is 0 Å². The van der Waals surface area contributed by atoms with Crippen molar-refractivity contribution in [3.05, 3.63) is 30.5 Å². The standard InChI is InChI=1S/C7H6N3/c1-6-4-9-7-5-8-2-3-10(6)7/h2-3,5H,1H3. The largest absolute Gasteiger partial charge is 0.301 e. The Bertz CT molecular complexity index is 350. The average Bonchev–Trinajstić information content (AvgIpc) is 2.34. The molecule has 2 rings (SSSR count). The first-order chi connectivity index (χ1) is 4.88. The number of aryl methyl sites for hydroxylation is 1. The van der Waals surface area contributed by atoms with Crippen molar-refractivity contribution in [2.75, 3.05) is 0 Å². The third-order valence-electron chi connectivity index (χ3n) is 1.43. The smallest absolute Gasteiger partial charge is 0.156 e. The van der Waals surface area contributed by atoms with E-state index in [4.69, 9.17) is 0 Å². The fourth-order valence-electron chi connectivity index (χ4n) is 0.912. The Morgan fingerprint density at radius 3 is 3.30 bits per heavy atom. The van der Waals surface area contributed by atoms with Gasteiger partial charge in [-0.25, -0.2) is 4.98 Å². The van der Waals surface area contributed by atoms with Crippen LogP contribution in [0.1, 0.15) is 5.69 Å². The molecule has 0 amide bonds. The van der Waals surface area contributed by atoms with Crippen LogP contribution in [-0.4, -0.2) is 14.4 Å². The first-order valence-electron chi connectivity index (χ1n) is 3.04. The topological polar surface area (TPSA) is 30.2 Å². The molecular formula is C7H6N3. The highest BCUT2D eigenvalue weighted by Gasteiger charge is 1.95. The number of fused-ring (bicyclic) bond motifs is 1. The van der Waals surface area contributed by atoms with Gasteiger partial charge < -0.3 is 4.40 Å². The molecule has 0 saturated heterocycles. The summed E-state index contributed by atoms with van der Waals surface area (Å²) in [5.41, 5.74) is 1.86. The molecule has 2 heterocycles. The normalized spacial score (nSPS) is 10.5. The van der Waals surface area contributed by atoms with Crippen LogP contribution in [0.15, 0.2) is 18.6 Å². The molecule has 0 aliphatic rings. The van der Waals surface area contributed by atoms with Crippen LogP contribution in [0.2, 0.25) is 0 Å². The molecule has 0 fully saturated rings. The summed E-state index contributed by atoms with van der Waals surface area (Å²) in [5, 5.41) is 0. The minimum absolute atomic E-state index is 0.847. The molecule has 3 nitrogen and oxygen atoms in total. The van der Waals surface area contributed by atoms with E-state index in [0.29, 0.717) is 0 Å². The van der Waals surface area contributed by atoms with E-state index in [2.05, 4.69) is 16.2 Å². The summed E-state index contributed by atoms with van der Waals surface area (Å²) in [6.45, 7) is 1.96. The second-order valence-electron chi connectivity index (χ2n) is 2.11. The van der Waals surface area contributed by atoms with E-state index in [0.717, 1.165) is 11.3 Å². The second-order valence-corrected chi connectivity index (χ2v) is 2.11. The molecule has 0 aromatic carbocycles. The Kier molecular flexibility index (Phi) is 0.974. The minimum Gasteiger partial charge on any atom is -0.301 e. The lowest BCUT2D eigenvalue weighted by molar-refractivity contribution is 1.07. The van der Waals surface area contributed by atoms with Crippen molar-refractivity contribution in [3.8, 4) is 0 Å². The highest BCUT2D eigenvalue weighted by molar-refractivity contribution is 5.35. The zero-order valence-corrected chi connectivity index (χ0v) is 5.57. The molecule has 0 unspecified atom stereocenters. The fraction of sp³-hybridized carbons (Fsp3) is 0.143. The molecule has 0 atom stereocenters. The van der Waals surface area contributed by atoms with Gasteiger partial charge in [-0.15, -0.1) is 0 Å². The molecule has 3 heteroatoms. The molecule has 2 aromatic rings. The summed E-state index contributed by atoms with van der Waals surface area (Å²) in [4.78, 5) is 7.92. The molecule has 0 N–H and O–H groups in total. The highest BCUT2D eigenvalue weighted by Crippen LogP contribution is 2.00. The van der Waals surface area contributed by atoms with Crippen LogP contribution in [0.5, 0.6) is 0 Å². The van der Waals surface area contributed by atoms with Crippen molar-refractivity contribution in [3.63, 3.8) is 0 Å². The Balaban J connectivity index is 2.93. The molecule has 0 aliphatic heterocycles. The van der Waals surface area contributed by atoms with Crippen molar-refractivity contribution in [1.82, 2.24) is 14.4 Å². The minimum atomic E-state index is 0.847. The van der Waals surface area contributed by atoms with E-state index >= 15 is 0 Å². The molecule has 49 valence electrons. The Morgan fingerprint density at radius 1 is 1.60 bits per heavy atom. The number of imidazole rings is 1. The quantitative estimate of drug-likeness (QED) is 0.531. The molecular weight excluding hydrogens is 126 g/mol. The molecule has 0 saturated carbocycles. The monoisotopic (exact) mass is 132 g/mol. The summed E-state index contributed by atoms with van der Waals surface area (Å²) < 4.78 is 1.94. The van der Waals surface area contributed by atoms with E-state index in [9.17, 15) is 0 Å².